The standard InChI is InChI=1S/C25H31F3N2O/c1-19-5-4-6-21(13-19)23(10-12-31-24(18-23)7-2-3-8-24)9-11-29-15-20-14-22(17-30-16-20)25(26,27)28/h4-6,13-14,16-17,29H,2-3,7-12,15,18H2,1H3/t23-/m1/s1. The van der Waals surface area contributed by atoms with E-state index in [1.807, 2.05) is 0 Å². The molecular formula is C25H31F3N2O. The van der Waals surface area contributed by atoms with Crippen molar-refractivity contribution in [1.82, 2.24) is 10.3 Å². The molecule has 1 aliphatic heterocycles. The Bertz CT molecular complexity index is 892. The zero-order valence-electron chi connectivity index (χ0n) is 18.1. The number of hydrogen-bond donors (Lipinski definition) is 1. The van der Waals surface area contributed by atoms with Crippen molar-refractivity contribution in [3.63, 3.8) is 0 Å². The monoisotopic (exact) mass is 432 g/mol. The summed E-state index contributed by atoms with van der Waals surface area (Å²) in [6.45, 7) is 4.01. The van der Waals surface area contributed by atoms with Crippen LogP contribution in [0.25, 0.3) is 0 Å². The molecule has 0 radical (unpaired) electrons. The SMILES string of the molecule is Cc1cccc([C@]2(CCNCc3cncc(C(F)(F)F)c3)CCOC3(CCCC3)C2)c1. The molecule has 31 heavy (non-hydrogen) atoms. The number of nitrogens with zero attached hydrogens (tertiary/aromatic N) is 1. The van der Waals surface area contributed by atoms with Crippen LogP contribution in [0.4, 0.5) is 13.2 Å². The average Bonchev–Trinajstić information content (AvgIpc) is 3.18. The Labute approximate surface area is 182 Å². The Kier molecular flexibility index (Phi) is 6.40. The number of aryl methyl sites for hydroxylation is 1. The summed E-state index contributed by atoms with van der Waals surface area (Å²) in [6, 6.07) is 9.96. The second-order valence-corrected chi connectivity index (χ2v) is 9.32. The number of hydrogen-bond acceptors (Lipinski definition) is 3. The summed E-state index contributed by atoms with van der Waals surface area (Å²) < 4.78 is 45.1. The molecule has 0 amide bonds. The molecule has 1 aromatic heterocycles. The van der Waals surface area contributed by atoms with Crippen LogP contribution < -0.4 is 5.32 Å². The summed E-state index contributed by atoms with van der Waals surface area (Å²) in [5, 5.41) is 3.37. The van der Waals surface area contributed by atoms with Gasteiger partial charge in [-0.25, -0.2) is 0 Å². The Balaban J connectivity index is 1.46. The maximum atomic E-state index is 12.9. The number of pyridine rings is 1. The van der Waals surface area contributed by atoms with Gasteiger partial charge in [0.1, 0.15) is 0 Å². The fraction of sp³-hybridized carbons (Fsp3) is 0.560. The normalized spacial score (nSPS) is 23.4. The van der Waals surface area contributed by atoms with E-state index in [2.05, 4.69) is 41.5 Å². The van der Waals surface area contributed by atoms with E-state index in [4.69, 9.17) is 4.74 Å². The minimum absolute atomic E-state index is 0.00699. The summed E-state index contributed by atoms with van der Waals surface area (Å²) >= 11 is 0. The van der Waals surface area contributed by atoms with Gasteiger partial charge in [0.05, 0.1) is 11.2 Å². The van der Waals surface area contributed by atoms with Gasteiger partial charge in [0.25, 0.3) is 0 Å². The van der Waals surface area contributed by atoms with Crippen molar-refractivity contribution in [2.75, 3.05) is 13.2 Å². The number of aromatic nitrogens is 1. The minimum Gasteiger partial charge on any atom is -0.375 e. The van der Waals surface area contributed by atoms with Crippen molar-refractivity contribution in [2.45, 2.75) is 75.6 Å². The fourth-order valence-corrected chi connectivity index (χ4v) is 5.44. The third kappa shape index (κ3) is 5.12. The molecule has 1 saturated heterocycles. The van der Waals surface area contributed by atoms with Gasteiger partial charge in [0, 0.05) is 31.0 Å². The van der Waals surface area contributed by atoms with Gasteiger partial charge in [-0.1, -0.05) is 42.7 Å². The number of halogens is 3. The molecule has 0 bridgehead atoms. The number of benzene rings is 1. The molecule has 4 rings (SSSR count). The van der Waals surface area contributed by atoms with E-state index in [1.165, 1.54) is 36.2 Å². The highest BCUT2D eigenvalue weighted by molar-refractivity contribution is 5.31. The smallest absolute Gasteiger partial charge is 0.375 e. The Morgan fingerprint density at radius 2 is 1.90 bits per heavy atom. The summed E-state index contributed by atoms with van der Waals surface area (Å²) in [5.74, 6) is 0. The second-order valence-electron chi connectivity index (χ2n) is 9.32. The Morgan fingerprint density at radius 1 is 1.10 bits per heavy atom. The Morgan fingerprint density at radius 3 is 2.65 bits per heavy atom. The van der Waals surface area contributed by atoms with Gasteiger partial charge in [-0.15, -0.1) is 0 Å². The van der Waals surface area contributed by atoms with Crippen molar-refractivity contribution >= 4 is 0 Å². The minimum atomic E-state index is -4.37. The highest BCUT2D eigenvalue weighted by atomic mass is 19.4. The highest BCUT2D eigenvalue weighted by Crippen LogP contribution is 2.50. The van der Waals surface area contributed by atoms with Crippen LogP contribution >= 0.6 is 0 Å². The molecule has 168 valence electrons. The van der Waals surface area contributed by atoms with Crippen molar-refractivity contribution < 1.29 is 17.9 Å². The molecule has 1 aromatic carbocycles. The molecule has 1 N–H and O–H groups in total. The predicted molar refractivity (Wildman–Crippen MR) is 115 cm³/mol. The first-order valence-electron chi connectivity index (χ1n) is 11.2. The predicted octanol–water partition coefficient (Wildman–Crippen LogP) is 5.95. The van der Waals surface area contributed by atoms with E-state index in [0.717, 1.165) is 51.5 Å². The summed E-state index contributed by atoms with van der Waals surface area (Å²) in [5.41, 5.74) is 2.51. The molecule has 1 atom stereocenters. The Hall–Kier alpha value is -1.92. The van der Waals surface area contributed by atoms with Gasteiger partial charge >= 0.3 is 6.18 Å². The van der Waals surface area contributed by atoms with Crippen molar-refractivity contribution in [3.05, 3.63) is 65.0 Å². The zero-order chi connectivity index (χ0) is 22.0. The van der Waals surface area contributed by atoms with Crippen LogP contribution in [0.2, 0.25) is 0 Å². The van der Waals surface area contributed by atoms with Crippen LogP contribution in [0.15, 0.2) is 42.7 Å². The quantitative estimate of drug-likeness (QED) is 0.573. The lowest BCUT2D eigenvalue weighted by Crippen LogP contribution is -2.47. The molecule has 2 aromatic rings. The van der Waals surface area contributed by atoms with E-state index in [-0.39, 0.29) is 11.0 Å². The molecule has 2 fully saturated rings. The van der Waals surface area contributed by atoms with Gasteiger partial charge < -0.3 is 10.1 Å². The molecule has 2 aliphatic rings. The first-order valence-corrected chi connectivity index (χ1v) is 11.2. The number of rotatable bonds is 6. The molecule has 0 unspecified atom stereocenters. The second kappa shape index (κ2) is 8.91. The van der Waals surface area contributed by atoms with Crippen LogP contribution in [0.1, 0.15) is 67.2 Å². The van der Waals surface area contributed by atoms with Crippen molar-refractivity contribution in [3.8, 4) is 0 Å². The van der Waals surface area contributed by atoms with E-state index in [9.17, 15) is 13.2 Å². The number of alkyl halides is 3. The van der Waals surface area contributed by atoms with Gasteiger partial charge in [-0.3, -0.25) is 4.98 Å². The van der Waals surface area contributed by atoms with Crippen LogP contribution in [0, 0.1) is 6.92 Å². The largest absolute Gasteiger partial charge is 0.417 e. The van der Waals surface area contributed by atoms with Crippen LogP contribution in [0.5, 0.6) is 0 Å². The first-order chi connectivity index (χ1) is 14.8. The first kappa shape index (κ1) is 22.3. The van der Waals surface area contributed by atoms with Crippen LogP contribution in [0.3, 0.4) is 0 Å². The molecule has 1 aliphatic carbocycles. The summed E-state index contributed by atoms with van der Waals surface area (Å²) in [7, 11) is 0. The van der Waals surface area contributed by atoms with Gasteiger partial charge in [0.15, 0.2) is 0 Å². The molecular weight excluding hydrogens is 401 g/mol. The third-order valence-corrected chi connectivity index (χ3v) is 7.03. The molecule has 2 heterocycles. The molecule has 1 spiro atoms. The average molecular weight is 433 g/mol. The molecule has 6 heteroatoms. The third-order valence-electron chi connectivity index (χ3n) is 7.03. The summed E-state index contributed by atoms with van der Waals surface area (Å²) in [4.78, 5) is 3.76. The topological polar surface area (TPSA) is 34.2 Å². The maximum Gasteiger partial charge on any atom is 0.417 e. The lowest BCUT2D eigenvalue weighted by atomic mass is 9.66. The highest BCUT2D eigenvalue weighted by Gasteiger charge is 2.47. The molecule has 1 saturated carbocycles. The van der Waals surface area contributed by atoms with Crippen molar-refractivity contribution in [1.29, 1.82) is 0 Å². The van der Waals surface area contributed by atoms with Gasteiger partial charge in [-0.05, 0) is 62.8 Å². The zero-order valence-corrected chi connectivity index (χ0v) is 18.1. The lowest BCUT2D eigenvalue weighted by molar-refractivity contribution is -0.137. The lowest BCUT2D eigenvalue weighted by Gasteiger charge is -2.47. The van der Waals surface area contributed by atoms with Crippen LogP contribution in [-0.4, -0.2) is 23.7 Å². The number of ether oxygens (including phenoxy) is 1. The maximum absolute atomic E-state index is 12.9. The van der Waals surface area contributed by atoms with Crippen LogP contribution in [-0.2, 0) is 22.9 Å². The number of nitrogens with one attached hydrogen (secondary N) is 1. The van der Waals surface area contributed by atoms with E-state index in [1.54, 1.807) is 0 Å². The van der Waals surface area contributed by atoms with E-state index in [0.29, 0.717) is 12.1 Å². The fourth-order valence-electron chi connectivity index (χ4n) is 5.44. The van der Waals surface area contributed by atoms with E-state index >= 15 is 0 Å². The summed E-state index contributed by atoms with van der Waals surface area (Å²) in [6.07, 6.45) is 5.66. The van der Waals surface area contributed by atoms with Gasteiger partial charge in [-0.2, -0.15) is 13.2 Å². The van der Waals surface area contributed by atoms with Crippen molar-refractivity contribution in [2.24, 2.45) is 0 Å². The van der Waals surface area contributed by atoms with E-state index < -0.39 is 11.7 Å². The van der Waals surface area contributed by atoms with Gasteiger partial charge in [0.2, 0.25) is 0 Å². The molecule has 3 nitrogen and oxygen atoms in total.